The Hall–Kier alpha value is -4.11. The summed E-state index contributed by atoms with van der Waals surface area (Å²) in [4.78, 5) is 50.0. The zero-order valence-corrected chi connectivity index (χ0v) is 24.0. The Labute approximate surface area is 245 Å². The fourth-order valence-electron chi connectivity index (χ4n) is 6.16. The highest BCUT2D eigenvalue weighted by Gasteiger charge is 2.28. The summed E-state index contributed by atoms with van der Waals surface area (Å²) >= 11 is 0. The topological polar surface area (TPSA) is 104 Å². The predicted octanol–water partition coefficient (Wildman–Crippen LogP) is 4.33. The monoisotopic (exact) mass is 566 g/mol. The van der Waals surface area contributed by atoms with Crippen LogP contribution in [0.3, 0.4) is 0 Å². The molecule has 0 unspecified atom stereocenters. The van der Waals surface area contributed by atoms with Gasteiger partial charge in [-0.25, -0.2) is 4.98 Å². The molecule has 218 valence electrons. The van der Waals surface area contributed by atoms with Crippen molar-refractivity contribution in [2.24, 2.45) is 5.92 Å². The second-order valence-corrected chi connectivity index (χ2v) is 11.5. The van der Waals surface area contributed by atoms with Gasteiger partial charge in [0, 0.05) is 55.7 Å². The number of piperidine rings is 1. The van der Waals surface area contributed by atoms with Gasteiger partial charge in [-0.3, -0.25) is 19.1 Å². The summed E-state index contributed by atoms with van der Waals surface area (Å²) in [6, 6.07) is 15.1. The van der Waals surface area contributed by atoms with Gasteiger partial charge in [0.25, 0.3) is 5.56 Å². The molecule has 2 aromatic carbocycles. The lowest BCUT2D eigenvalue weighted by Crippen LogP contribution is -2.40. The maximum atomic E-state index is 13.2. The second-order valence-electron chi connectivity index (χ2n) is 11.5. The number of hydrogen-bond acceptors (Lipinski definition) is 6. The maximum Gasteiger partial charge on any atom is 0.258 e. The number of nitrogens with zero attached hydrogens (tertiary/aromatic N) is 5. The number of fused-ring (bicyclic) bond motifs is 1. The summed E-state index contributed by atoms with van der Waals surface area (Å²) in [5, 5.41) is 5.10. The van der Waals surface area contributed by atoms with Gasteiger partial charge in [0.2, 0.25) is 5.91 Å². The summed E-state index contributed by atoms with van der Waals surface area (Å²) in [5.74, 6) is 0.781. The largest absolute Gasteiger partial charge is 0.343 e. The van der Waals surface area contributed by atoms with E-state index in [4.69, 9.17) is 0 Å². The summed E-state index contributed by atoms with van der Waals surface area (Å²) in [7, 11) is 0. The van der Waals surface area contributed by atoms with Gasteiger partial charge in [0.15, 0.2) is 5.78 Å². The van der Waals surface area contributed by atoms with Crippen LogP contribution >= 0.6 is 0 Å². The highest BCUT2D eigenvalue weighted by molar-refractivity contribution is 5.98. The number of likely N-dealkylation sites (tertiary alicyclic amines) is 2. The van der Waals surface area contributed by atoms with E-state index in [0.717, 1.165) is 29.8 Å². The van der Waals surface area contributed by atoms with E-state index in [-0.39, 0.29) is 23.2 Å². The molecule has 0 aliphatic carbocycles. The highest BCUT2D eigenvalue weighted by atomic mass is 16.2. The van der Waals surface area contributed by atoms with E-state index in [9.17, 15) is 14.4 Å². The molecule has 4 heterocycles. The van der Waals surface area contributed by atoms with E-state index in [1.807, 2.05) is 58.2 Å². The fraction of sp³-hybridized carbons (Fsp3) is 0.424. The van der Waals surface area contributed by atoms with E-state index in [1.165, 1.54) is 25.9 Å². The minimum Gasteiger partial charge on any atom is -0.343 e. The molecule has 4 aromatic rings. The van der Waals surface area contributed by atoms with Gasteiger partial charge in [0.05, 0.1) is 23.6 Å². The number of aromatic nitrogens is 4. The Bertz CT molecular complexity index is 1590. The molecule has 2 aromatic heterocycles. The molecule has 0 saturated carbocycles. The molecule has 1 N–H and O–H groups in total. The van der Waals surface area contributed by atoms with E-state index in [2.05, 4.69) is 26.2 Å². The number of aromatic amines is 1. The Balaban J connectivity index is 0.955. The quantitative estimate of drug-likeness (QED) is 0.287. The molecule has 0 spiro atoms. The van der Waals surface area contributed by atoms with Gasteiger partial charge in [-0.05, 0) is 62.9 Å². The zero-order valence-electron chi connectivity index (χ0n) is 24.0. The number of aryl methyl sites for hydroxylation is 1. The minimum atomic E-state index is -0.150. The van der Waals surface area contributed by atoms with E-state index in [1.54, 1.807) is 6.07 Å². The molecule has 2 saturated heterocycles. The molecule has 0 bridgehead atoms. The number of benzene rings is 2. The van der Waals surface area contributed by atoms with E-state index in [0.29, 0.717) is 61.9 Å². The third-order valence-electron chi connectivity index (χ3n) is 8.66. The number of ketones is 1. The van der Waals surface area contributed by atoms with Gasteiger partial charge in [0.1, 0.15) is 5.82 Å². The maximum absolute atomic E-state index is 13.2. The van der Waals surface area contributed by atoms with Crippen molar-refractivity contribution in [1.82, 2.24) is 29.5 Å². The fourth-order valence-corrected chi connectivity index (χ4v) is 6.16. The zero-order chi connectivity index (χ0) is 28.9. The van der Waals surface area contributed by atoms with Crippen molar-refractivity contribution in [2.75, 3.05) is 32.7 Å². The average molecular weight is 567 g/mol. The first-order valence-corrected chi connectivity index (χ1v) is 15.2. The predicted molar refractivity (Wildman–Crippen MR) is 162 cm³/mol. The van der Waals surface area contributed by atoms with Crippen LogP contribution in [0.15, 0.2) is 65.7 Å². The van der Waals surface area contributed by atoms with Crippen LogP contribution in [0.5, 0.6) is 0 Å². The highest BCUT2D eigenvalue weighted by Crippen LogP contribution is 2.25. The van der Waals surface area contributed by atoms with Gasteiger partial charge in [-0.15, -0.1) is 0 Å². The lowest BCUT2D eigenvalue weighted by atomic mass is 9.88. The lowest BCUT2D eigenvalue weighted by Gasteiger charge is -2.31. The van der Waals surface area contributed by atoms with Crippen LogP contribution in [-0.4, -0.2) is 74.0 Å². The van der Waals surface area contributed by atoms with Gasteiger partial charge in [-0.1, -0.05) is 36.4 Å². The van der Waals surface area contributed by atoms with Crippen LogP contribution in [0.25, 0.3) is 22.0 Å². The molecule has 9 heteroatoms. The van der Waals surface area contributed by atoms with Gasteiger partial charge < -0.3 is 14.8 Å². The molecule has 2 fully saturated rings. The van der Waals surface area contributed by atoms with Crippen molar-refractivity contribution in [3.05, 3.63) is 82.7 Å². The van der Waals surface area contributed by atoms with Crippen LogP contribution in [0, 0.1) is 5.92 Å². The van der Waals surface area contributed by atoms with E-state index < -0.39 is 0 Å². The number of hydrogen-bond donors (Lipinski definition) is 1. The smallest absolute Gasteiger partial charge is 0.258 e. The number of amides is 1. The standard InChI is InChI=1S/C33H38N6O3/c40-31(9-5-8-30-35-29-7-2-1-6-28(29)33(42)36-30)38-18-14-26(15-19-38)32(41)25-12-10-24(11-13-25)27-22-34-39(23-27)21-20-37-16-3-4-17-37/h1-2,6-7,10-13,22-23,26H,3-5,8-9,14-21H2,(H,35,36,42). The Morgan fingerprint density at radius 3 is 2.45 bits per heavy atom. The van der Waals surface area contributed by atoms with Crippen LogP contribution < -0.4 is 5.56 Å². The van der Waals surface area contributed by atoms with Gasteiger partial charge in [-0.2, -0.15) is 5.10 Å². The average Bonchev–Trinajstić information content (AvgIpc) is 3.73. The lowest BCUT2D eigenvalue weighted by molar-refractivity contribution is -0.132. The minimum absolute atomic E-state index is 0.0693. The van der Waals surface area contributed by atoms with Crippen molar-refractivity contribution in [1.29, 1.82) is 0 Å². The first-order valence-electron chi connectivity index (χ1n) is 15.2. The normalized spacial score (nSPS) is 16.3. The van der Waals surface area contributed by atoms with Crippen LogP contribution in [0.2, 0.25) is 0 Å². The molecule has 2 aliphatic rings. The number of carbonyl (C=O) groups is 2. The molecule has 42 heavy (non-hydrogen) atoms. The molecule has 0 radical (unpaired) electrons. The number of H-pyrrole nitrogens is 1. The number of Topliss-reactive ketones (excluding diaryl/α,β-unsaturated/α-hetero) is 1. The molecule has 9 nitrogen and oxygen atoms in total. The first-order chi connectivity index (χ1) is 20.5. The molecule has 0 atom stereocenters. The summed E-state index contributed by atoms with van der Waals surface area (Å²) in [5.41, 5.74) is 3.36. The van der Waals surface area contributed by atoms with Crippen LogP contribution in [0.1, 0.15) is 54.7 Å². The number of nitrogens with one attached hydrogen (secondary N) is 1. The second kappa shape index (κ2) is 12.8. The van der Waals surface area contributed by atoms with Crippen molar-refractivity contribution >= 4 is 22.6 Å². The SMILES string of the molecule is O=C(c1ccc(-c2cnn(CCN3CCCC3)c2)cc1)C1CCN(C(=O)CCCc2nc3ccccc3c(=O)[nH]2)CC1. The summed E-state index contributed by atoms with van der Waals surface area (Å²) < 4.78 is 2.00. The van der Waals surface area contributed by atoms with Crippen molar-refractivity contribution in [3.8, 4) is 11.1 Å². The third kappa shape index (κ3) is 6.51. The molecular weight excluding hydrogens is 528 g/mol. The Morgan fingerprint density at radius 2 is 1.67 bits per heavy atom. The van der Waals surface area contributed by atoms with E-state index >= 15 is 0 Å². The van der Waals surface area contributed by atoms with Gasteiger partial charge >= 0.3 is 0 Å². The Morgan fingerprint density at radius 1 is 0.905 bits per heavy atom. The molecule has 2 aliphatic heterocycles. The summed E-state index contributed by atoms with van der Waals surface area (Å²) in [6.45, 7) is 5.48. The van der Waals surface area contributed by atoms with Crippen LogP contribution in [0.4, 0.5) is 0 Å². The first kappa shape index (κ1) is 28.0. The number of para-hydroxylation sites is 1. The molecular formula is C33H38N6O3. The molecule has 6 rings (SSSR count). The number of carbonyl (C=O) groups excluding carboxylic acids is 2. The number of rotatable bonds is 10. The Kier molecular flexibility index (Phi) is 8.55. The molecule has 1 amide bonds. The van der Waals surface area contributed by atoms with Crippen molar-refractivity contribution in [3.63, 3.8) is 0 Å². The van der Waals surface area contributed by atoms with Crippen LogP contribution in [-0.2, 0) is 17.8 Å². The third-order valence-corrected chi connectivity index (χ3v) is 8.66. The van der Waals surface area contributed by atoms with Crippen molar-refractivity contribution < 1.29 is 9.59 Å². The summed E-state index contributed by atoms with van der Waals surface area (Å²) in [6.07, 6.45) is 9.46. The van der Waals surface area contributed by atoms with Crippen molar-refractivity contribution in [2.45, 2.75) is 51.5 Å².